The van der Waals surface area contributed by atoms with E-state index in [0.717, 1.165) is 4.64 Å². The van der Waals surface area contributed by atoms with E-state index in [4.69, 9.17) is 27.9 Å². The van der Waals surface area contributed by atoms with E-state index in [1.807, 2.05) is 0 Å². The van der Waals surface area contributed by atoms with Crippen molar-refractivity contribution in [2.45, 2.75) is 10.0 Å². The summed E-state index contributed by atoms with van der Waals surface area (Å²) in [6.07, 6.45) is 3.10. The predicted molar refractivity (Wildman–Crippen MR) is 71.6 cm³/mol. The smallest absolute Gasteiger partial charge is 0.294 e. The number of nitrogens with zero attached hydrogens (tertiary/aromatic N) is 1. The fraction of sp³-hybridized carbons (Fsp3) is 0.111. The minimum atomic E-state index is -4.21. The maximum absolute atomic E-state index is 10.9. The number of halogens is 2. The first kappa shape index (κ1) is 14.4. The van der Waals surface area contributed by atoms with Crippen molar-refractivity contribution < 1.29 is 13.0 Å². The van der Waals surface area contributed by atoms with Crippen molar-refractivity contribution in [3.63, 3.8) is 0 Å². The van der Waals surface area contributed by atoms with E-state index in [1.54, 1.807) is 6.08 Å². The van der Waals surface area contributed by atoms with Crippen LogP contribution < -0.4 is 16.2 Å². The fourth-order valence-electron chi connectivity index (χ4n) is 1.42. The Labute approximate surface area is 120 Å². The van der Waals surface area contributed by atoms with Crippen LogP contribution in [0.25, 0.3) is 0 Å². The summed E-state index contributed by atoms with van der Waals surface area (Å²) in [5.41, 5.74) is 5.83. The van der Waals surface area contributed by atoms with E-state index in [0.29, 0.717) is 5.69 Å². The summed E-state index contributed by atoms with van der Waals surface area (Å²) in [5.74, 6) is 0. The molecule has 1 aliphatic heterocycles. The molecule has 1 aromatic carbocycles. The van der Waals surface area contributed by atoms with Gasteiger partial charge in [-0.1, -0.05) is 16.2 Å². The Bertz CT molecular complexity index is 592. The third kappa shape index (κ3) is 3.72. The topological polar surface area (TPSA) is 93.7 Å². The normalized spacial score (nSPS) is 23.9. The van der Waals surface area contributed by atoms with Gasteiger partial charge in [0.05, 0.1) is 4.90 Å². The fourth-order valence-corrected chi connectivity index (χ4v) is 2.39. The molecule has 0 bridgehead atoms. The molecule has 0 spiro atoms. The van der Waals surface area contributed by atoms with E-state index in [9.17, 15) is 8.42 Å². The third-order valence-electron chi connectivity index (χ3n) is 2.24. The maximum atomic E-state index is 10.9. The van der Waals surface area contributed by atoms with Gasteiger partial charge in [-0.05, 0) is 30.3 Å². The lowest BCUT2D eigenvalue weighted by molar-refractivity contribution is 0.237. The summed E-state index contributed by atoms with van der Waals surface area (Å²) in [6.45, 7) is 0. The van der Waals surface area contributed by atoms with Gasteiger partial charge in [0.2, 0.25) is 5.12 Å². The minimum Gasteiger partial charge on any atom is -0.350 e. The molecule has 7 nitrogen and oxygen atoms in total. The standard InChI is InChI=1S/C9H10Cl2N4O3S/c10-9(5-6-12-15(11)14-9)13-7-1-3-8(4-2-7)19(16,17)18/h1-6,12-14H,(H,16,17,18). The van der Waals surface area contributed by atoms with Gasteiger partial charge in [0.1, 0.15) is 0 Å². The van der Waals surface area contributed by atoms with Crippen LogP contribution in [0, 0.1) is 0 Å². The van der Waals surface area contributed by atoms with Crippen molar-refractivity contribution >= 4 is 39.2 Å². The Morgan fingerprint density at radius 2 is 1.95 bits per heavy atom. The van der Waals surface area contributed by atoms with Crippen LogP contribution in [0.5, 0.6) is 0 Å². The number of hydrogen-bond donors (Lipinski definition) is 4. The first-order valence-electron chi connectivity index (χ1n) is 5.01. The SMILES string of the molecule is O=S(=O)(O)c1ccc(NC2(Cl)C=CNN(Cl)N2)cc1. The molecular formula is C9H10Cl2N4O3S. The number of hydrogen-bond acceptors (Lipinski definition) is 6. The average Bonchev–Trinajstić information content (AvgIpc) is 2.27. The zero-order valence-electron chi connectivity index (χ0n) is 9.34. The predicted octanol–water partition coefficient (Wildman–Crippen LogP) is 1.23. The molecule has 0 aromatic heterocycles. The van der Waals surface area contributed by atoms with Crippen LogP contribution in [0.4, 0.5) is 5.69 Å². The van der Waals surface area contributed by atoms with Crippen molar-refractivity contribution in [2.24, 2.45) is 0 Å². The summed E-state index contributed by atoms with van der Waals surface area (Å²) in [6, 6.07) is 5.43. The van der Waals surface area contributed by atoms with E-state index in [2.05, 4.69) is 16.2 Å². The number of hydrazine groups is 2. The Morgan fingerprint density at radius 3 is 2.47 bits per heavy atom. The van der Waals surface area contributed by atoms with Gasteiger partial charge in [-0.15, -0.1) is 0 Å². The second kappa shape index (κ2) is 5.16. The molecule has 2 rings (SSSR count). The van der Waals surface area contributed by atoms with E-state index >= 15 is 0 Å². The summed E-state index contributed by atoms with van der Waals surface area (Å²) in [4.78, 5) is -0.200. The Kier molecular flexibility index (Phi) is 3.90. The van der Waals surface area contributed by atoms with Crippen molar-refractivity contribution in [3.8, 4) is 0 Å². The molecular weight excluding hydrogens is 315 g/mol. The molecule has 0 radical (unpaired) electrons. The molecule has 0 saturated heterocycles. The highest BCUT2D eigenvalue weighted by Crippen LogP contribution is 2.22. The van der Waals surface area contributed by atoms with E-state index < -0.39 is 15.2 Å². The van der Waals surface area contributed by atoms with Crippen molar-refractivity contribution in [2.75, 3.05) is 5.32 Å². The van der Waals surface area contributed by atoms with Gasteiger partial charge in [-0.25, -0.2) is 0 Å². The average molecular weight is 325 g/mol. The van der Waals surface area contributed by atoms with Gasteiger partial charge >= 0.3 is 0 Å². The Balaban J connectivity index is 2.16. The van der Waals surface area contributed by atoms with Gasteiger partial charge in [0, 0.05) is 23.7 Å². The number of nitrogens with one attached hydrogen (secondary N) is 3. The third-order valence-corrected chi connectivity index (χ3v) is 3.60. The van der Waals surface area contributed by atoms with Gasteiger partial charge in [0.25, 0.3) is 10.1 Å². The first-order chi connectivity index (χ1) is 8.78. The lowest BCUT2D eigenvalue weighted by Gasteiger charge is -2.33. The molecule has 1 atom stereocenters. The molecule has 1 aliphatic rings. The zero-order chi connectivity index (χ0) is 14.1. The number of rotatable bonds is 3. The van der Waals surface area contributed by atoms with Crippen LogP contribution in [0.1, 0.15) is 0 Å². The van der Waals surface area contributed by atoms with Crippen LogP contribution >= 0.6 is 23.4 Å². The van der Waals surface area contributed by atoms with E-state index in [-0.39, 0.29) is 4.90 Å². The van der Waals surface area contributed by atoms with Crippen molar-refractivity contribution in [3.05, 3.63) is 36.5 Å². The largest absolute Gasteiger partial charge is 0.350 e. The first-order valence-corrected chi connectivity index (χ1v) is 7.16. The maximum Gasteiger partial charge on any atom is 0.294 e. The second-order valence-corrected chi connectivity index (χ2v) is 6.05. The van der Waals surface area contributed by atoms with Crippen molar-refractivity contribution in [1.82, 2.24) is 15.5 Å². The van der Waals surface area contributed by atoms with Gasteiger partial charge in [-0.2, -0.15) is 13.8 Å². The highest BCUT2D eigenvalue weighted by Gasteiger charge is 2.28. The van der Waals surface area contributed by atoms with Crippen LogP contribution in [0.15, 0.2) is 41.4 Å². The Hall–Kier alpha value is -1.03. The molecule has 10 heteroatoms. The van der Waals surface area contributed by atoms with Crippen LogP contribution in [-0.4, -0.2) is 22.7 Å². The quantitative estimate of drug-likeness (QED) is 0.287. The summed E-state index contributed by atoms with van der Waals surface area (Å²) >= 11 is 11.9. The lowest BCUT2D eigenvalue weighted by Crippen LogP contribution is -2.57. The van der Waals surface area contributed by atoms with Gasteiger partial charge in [0.15, 0.2) is 0 Å². The van der Waals surface area contributed by atoms with Crippen molar-refractivity contribution in [1.29, 1.82) is 0 Å². The molecule has 19 heavy (non-hydrogen) atoms. The number of anilines is 1. The summed E-state index contributed by atoms with van der Waals surface area (Å²) in [7, 11) is -4.21. The number of benzene rings is 1. The van der Waals surface area contributed by atoms with E-state index in [1.165, 1.54) is 30.5 Å². The molecule has 4 N–H and O–H groups in total. The van der Waals surface area contributed by atoms with Crippen LogP contribution in [0.3, 0.4) is 0 Å². The molecule has 0 aliphatic carbocycles. The molecule has 1 aromatic rings. The molecule has 0 amide bonds. The zero-order valence-corrected chi connectivity index (χ0v) is 11.7. The lowest BCUT2D eigenvalue weighted by atomic mass is 10.3. The molecule has 0 saturated carbocycles. The molecule has 104 valence electrons. The monoisotopic (exact) mass is 324 g/mol. The van der Waals surface area contributed by atoms with Gasteiger partial charge < -0.3 is 5.32 Å². The summed E-state index contributed by atoms with van der Waals surface area (Å²) < 4.78 is 31.7. The minimum absolute atomic E-state index is 0.200. The molecule has 1 heterocycles. The highest BCUT2D eigenvalue weighted by atomic mass is 35.5. The highest BCUT2D eigenvalue weighted by molar-refractivity contribution is 7.85. The second-order valence-electron chi connectivity index (χ2n) is 3.69. The van der Waals surface area contributed by atoms with Crippen LogP contribution in [-0.2, 0) is 10.1 Å². The van der Waals surface area contributed by atoms with Crippen LogP contribution in [0.2, 0.25) is 0 Å². The van der Waals surface area contributed by atoms with Gasteiger partial charge in [-0.3, -0.25) is 9.98 Å². The molecule has 0 fully saturated rings. The Morgan fingerprint density at radius 1 is 1.32 bits per heavy atom. The number of alkyl halides is 1. The summed E-state index contributed by atoms with van der Waals surface area (Å²) in [5, 5.41) is 1.73. The molecule has 1 unspecified atom stereocenters.